The zero-order chi connectivity index (χ0) is 17.9. The van der Waals surface area contributed by atoms with E-state index in [-0.39, 0.29) is 11.9 Å². The molecular weight excluding hydrogens is 330 g/mol. The lowest BCUT2D eigenvalue weighted by molar-refractivity contribution is 0.0907. The molecule has 1 saturated carbocycles. The molecule has 136 valence electrons. The maximum Gasteiger partial charge on any atom is 0.254 e. The third kappa shape index (κ3) is 3.44. The van der Waals surface area contributed by atoms with Crippen molar-refractivity contribution in [2.24, 2.45) is 0 Å². The van der Waals surface area contributed by atoms with E-state index < -0.39 is 0 Å². The van der Waals surface area contributed by atoms with Crippen molar-refractivity contribution in [3.8, 4) is 0 Å². The first-order valence-corrected chi connectivity index (χ1v) is 9.10. The third-order valence-electron chi connectivity index (χ3n) is 5.13. The van der Waals surface area contributed by atoms with Gasteiger partial charge in [-0.25, -0.2) is 19.9 Å². The van der Waals surface area contributed by atoms with E-state index in [1.165, 1.54) is 25.2 Å². The number of nitrogens with one attached hydrogen (secondary N) is 2. The normalized spacial score (nSPS) is 22.0. The molecule has 2 fully saturated rings. The zero-order valence-corrected chi connectivity index (χ0v) is 14.9. The maximum atomic E-state index is 12.3. The van der Waals surface area contributed by atoms with Gasteiger partial charge in [-0.1, -0.05) is 0 Å². The predicted molar refractivity (Wildman–Crippen MR) is 98.3 cm³/mol. The summed E-state index contributed by atoms with van der Waals surface area (Å²) in [7, 11) is 1.74. The lowest BCUT2D eigenvalue weighted by Gasteiger charge is -2.35. The van der Waals surface area contributed by atoms with Gasteiger partial charge in [0.1, 0.15) is 12.1 Å². The van der Waals surface area contributed by atoms with Crippen LogP contribution in [0.4, 0.5) is 11.8 Å². The number of amides is 1. The standard InChI is InChI=1S/C18H23N7O/c1-19-18-20-9-13(10-21-18)17(26)24-14-6-12(7-14)15-8-16(23-11-22-15)25-4-2-3-5-25/h8-12,14H,2-7H2,1H3,(H,24,26)(H,19,20,21). The van der Waals surface area contributed by atoms with Gasteiger partial charge in [-0.3, -0.25) is 4.79 Å². The van der Waals surface area contributed by atoms with Gasteiger partial charge in [0, 0.05) is 56.3 Å². The van der Waals surface area contributed by atoms with Crippen LogP contribution in [0, 0.1) is 0 Å². The predicted octanol–water partition coefficient (Wildman–Crippen LogP) is 1.58. The lowest BCUT2D eigenvalue weighted by Crippen LogP contribution is -2.43. The summed E-state index contributed by atoms with van der Waals surface area (Å²) >= 11 is 0. The van der Waals surface area contributed by atoms with Crippen LogP contribution in [0.2, 0.25) is 0 Å². The number of hydrogen-bond acceptors (Lipinski definition) is 7. The highest BCUT2D eigenvalue weighted by Crippen LogP contribution is 2.36. The van der Waals surface area contributed by atoms with Crippen molar-refractivity contribution in [2.75, 3.05) is 30.4 Å². The van der Waals surface area contributed by atoms with E-state index in [1.807, 2.05) is 0 Å². The minimum atomic E-state index is -0.128. The summed E-state index contributed by atoms with van der Waals surface area (Å²) in [6.45, 7) is 2.16. The van der Waals surface area contributed by atoms with Gasteiger partial charge in [0.2, 0.25) is 5.95 Å². The van der Waals surface area contributed by atoms with E-state index in [2.05, 4.69) is 41.5 Å². The van der Waals surface area contributed by atoms with Gasteiger partial charge in [0.05, 0.1) is 5.56 Å². The molecule has 2 N–H and O–H groups in total. The van der Waals surface area contributed by atoms with Crippen molar-refractivity contribution in [1.82, 2.24) is 25.3 Å². The van der Waals surface area contributed by atoms with Gasteiger partial charge < -0.3 is 15.5 Å². The molecule has 0 atom stereocenters. The molecule has 0 unspecified atom stereocenters. The second-order valence-electron chi connectivity index (χ2n) is 6.88. The van der Waals surface area contributed by atoms with Crippen LogP contribution < -0.4 is 15.5 Å². The minimum absolute atomic E-state index is 0.128. The molecule has 0 radical (unpaired) electrons. The van der Waals surface area contributed by atoms with Crippen molar-refractivity contribution in [2.45, 2.75) is 37.6 Å². The molecule has 0 bridgehead atoms. The maximum absolute atomic E-state index is 12.3. The zero-order valence-electron chi connectivity index (χ0n) is 14.9. The van der Waals surface area contributed by atoms with E-state index in [9.17, 15) is 4.79 Å². The molecule has 1 amide bonds. The summed E-state index contributed by atoms with van der Waals surface area (Å²) < 4.78 is 0. The SMILES string of the molecule is CNc1ncc(C(=O)NC2CC(c3cc(N4CCCC4)ncn3)C2)cn1. The second kappa shape index (κ2) is 7.23. The second-order valence-corrected chi connectivity index (χ2v) is 6.88. The average Bonchev–Trinajstić information content (AvgIpc) is 3.19. The quantitative estimate of drug-likeness (QED) is 0.842. The largest absolute Gasteiger partial charge is 0.357 e. The Bertz CT molecular complexity index is 767. The Morgan fingerprint density at radius 1 is 1.12 bits per heavy atom. The van der Waals surface area contributed by atoms with Crippen molar-refractivity contribution in [1.29, 1.82) is 0 Å². The highest BCUT2D eigenvalue weighted by molar-refractivity contribution is 5.93. The summed E-state index contributed by atoms with van der Waals surface area (Å²) in [5.41, 5.74) is 1.56. The molecule has 26 heavy (non-hydrogen) atoms. The molecule has 8 heteroatoms. The van der Waals surface area contributed by atoms with E-state index in [0.717, 1.165) is 37.4 Å². The lowest BCUT2D eigenvalue weighted by atomic mass is 9.78. The fraction of sp³-hybridized carbons (Fsp3) is 0.500. The van der Waals surface area contributed by atoms with Gasteiger partial charge in [-0.15, -0.1) is 0 Å². The number of carbonyl (C=O) groups is 1. The Labute approximate surface area is 152 Å². The average molecular weight is 353 g/mol. The number of rotatable bonds is 5. The number of aromatic nitrogens is 4. The van der Waals surface area contributed by atoms with Crippen LogP contribution in [0.5, 0.6) is 0 Å². The summed E-state index contributed by atoms with van der Waals surface area (Å²) in [5, 5.41) is 5.88. The summed E-state index contributed by atoms with van der Waals surface area (Å²) in [6, 6.07) is 2.28. The van der Waals surface area contributed by atoms with Crippen LogP contribution >= 0.6 is 0 Å². The Balaban J connectivity index is 1.32. The summed E-state index contributed by atoms with van der Waals surface area (Å²) in [5.74, 6) is 1.79. The van der Waals surface area contributed by atoms with E-state index in [4.69, 9.17) is 0 Å². The van der Waals surface area contributed by atoms with Gasteiger partial charge in [0.15, 0.2) is 0 Å². The molecule has 1 aliphatic carbocycles. The van der Waals surface area contributed by atoms with Crippen LogP contribution in [-0.4, -0.2) is 52.0 Å². The molecular formula is C18H23N7O. The van der Waals surface area contributed by atoms with Gasteiger partial charge >= 0.3 is 0 Å². The molecule has 3 heterocycles. The first kappa shape index (κ1) is 16.7. The number of carbonyl (C=O) groups excluding carboxylic acids is 1. The molecule has 0 aromatic carbocycles. The van der Waals surface area contributed by atoms with E-state index in [0.29, 0.717) is 17.4 Å². The number of hydrogen-bond donors (Lipinski definition) is 2. The summed E-state index contributed by atoms with van der Waals surface area (Å²) in [6.07, 6.45) is 9.00. The number of nitrogens with zero attached hydrogens (tertiary/aromatic N) is 5. The molecule has 0 spiro atoms. The molecule has 2 aromatic rings. The Hall–Kier alpha value is -2.77. The first-order chi connectivity index (χ1) is 12.7. The molecule has 2 aromatic heterocycles. The van der Waals surface area contributed by atoms with Crippen LogP contribution in [0.1, 0.15) is 47.7 Å². The Morgan fingerprint density at radius 2 is 1.85 bits per heavy atom. The molecule has 8 nitrogen and oxygen atoms in total. The Morgan fingerprint density at radius 3 is 2.54 bits per heavy atom. The molecule has 1 saturated heterocycles. The van der Waals surface area contributed by atoms with E-state index in [1.54, 1.807) is 13.4 Å². The smallest absolute Gasteiger partial charge is 0.254 e. The molecule has 2 aliphatic rings. The monoisotopic (exact) mass is 353 g/mol. The van der Waals surface area contributed by atoms with Crippen LogP contribution in [0.3, 0.4) is 0 Å². The topological polar surface area (TPSA) is 95.9 Å². The van der Waals surface area contributed by atoms with Crippen molar-refractivity contribution in [3.05, 3.63) is 36.0 Å². The molecule has 1 aliphatic heterocycles. The highest BCUT2D eigenvalue weighted by Gasteiger charge is 2.33. The molecule has 4 rings (SSSR count). The van der Waals surface area contributed by atoms with Crippen LogP contribution in [0.25, 0.3) is 0 Å². The van der Waals surface area contributed by atoms with Crippen molar-refractivity contribution >= 4 is 17.7 Å². The fourth-order valence-electron chi connectivity index (χ4n) is 3.52. The number of anilines is 2. The minimum Gasteiger partial charge on any atom is -0.357 e. The first-order valence-electron chi connectivity index (χ1n) is 9.10. The van der Waals surface area contributed by atoms with Gasteiger partial charge in [0.25, 0.3) is 5.91 Å². The van der Waals surface area contributed by atoms with Crippen LogP contribution in [0.15, 0.2) is 24.8 Å². The van der Waals surface area contributed by atoms with Crippen molar-refractivity contribution in [3.63, 3.8) is 0 Å². The van der Waals surface area contributed by atoms with Gasteiger partial charge in [-0.2, -0.15) is 0 Å². The Kier molecular flexibility index (Phi) is 4.64. The summed E-state index contributed by atoms with van der Waals surface area (Å²) in [4.78, 5) is 31.6. The van der Waals surface area contributed by atoms with Crippen molar-refractivity contribution < 1.29 is 4.79 Å². The third-order valence-corrected chi connectivity index (χ3v) is 5.13. The fourth-order valence-corrected chi connectivity index (χ4v) is 3.52. The van der Waals surface area contributed by atoms with Crippen LogP contribution in [-0.2, 0) is 0 Å². The highest BCUT2D eigenvalue weighted by atomic mass is 16.1. The van der Waals surface area contributed by atoms with E-state index >= 15 is 0 Å². The van der Waals surface area contributed by atoms with Gasteiger partial charge in [-0.05, 0) is 25.7 Å².